The second kappa shape index (κ2) is 4.34. The number of aliphatic hydroxyl groups excluding tert-OH is 2. The Labute approximate surface area is 81.4 Å². The van der Waals surface area contributed by atoms with E-state index >= 15 is 0 Å². The van der Waals surface area contributed by atoms with Crippen molar-refractivity contribution in [3.8, 4) is 0 Å². The summed E-state index contributed by atoms with van der Waals surface area (Å²) in [5, 5.41) is 20.8. The molecule has 0 aliphatic heterocycles. The number of hydrogen-bond acceptors (Lipinski definition) is 4. The largest absolute Gasteiger partial charge is 0.394 e. The van der Waals surface area contributed by atoms with Crippen LogP contribution in [0.1, 0.15) is 6.92 Å². The van der Waals surface area contributed by atoms with Gasteiger partial charge in [0.25, 0.3) is 0 Å². The van der Waals surface area contributed by atoms with Gasteiger partial charge >= 0.3 is 0 Å². The van der Waals surface area contributed by atoms with Gasteiger partial charge in [0.05, 0.1) is 18.8 Å². The number of anilines is 1. The van der Waals surface area contributed by atoms with E-state index in [4.69, 9.17) is 10.2 Å². The number of nitrogens with one attached hydrogen (secondary N) is 1. The molecule has 14 heavy (non-hydrogen) atoms. The zero-order chi connectivity index (χ0) is 10.6. The fourth-order valence-corrected chi connectivity index (χ4v) is 0.958. The maximum absolute atomic E-state index is 12.7. The lowest BCUT2D eigenvalue weighted by atomic mass is 10.1. The summed E-state index contributed by atoms with van der Waals surface area (Å²) >= 11 is 0. The molecule has 3 N–H and O–H groups in total. The lowest BCUT2D eigenvalue weighted by Gasteiger charge is -2.27. The molecule has 0 aliphatic rings. The van der Waals surface area contributed by atoms with Crippen LogP contribution in [0.15, 0.2) is 18.3 Å². The van der Waals surface area contributed by atoms with Crippen LogP contribution in [0.5, 0.6) is 0 Å². The van der Waals surface area contributed by atoms with Crippen molar-refractivity contribution < 1.29 is 14.6 Å². The third kappa shape index (κ3) is 2.65. The smallest absolute Gasteiger partial charge is 0.214 e. The van der Waals surface area contributed by atoms with Crippen LogP contribution in [-0.2, 0) is 0 Å². The molecule has 5 heteroatoms. The Bertz CT molecular complexity index is 303. The van der Waals surface area contributed by atoms with Gasteiger partial charge in [-0.2, -0.15) is 4.39 Å². The van der Waals surface area contributed by atoms with Crippen LogP contribution in [-0.4, -0.2) is 33.9 Å². The zero-order valence-corrected chi connectivity index (χ0v) is 7.87. The second-order valence-electron chi connectivity index (χ2n) is 3.37. The molecule has 1 aromatic rings. The minimum atomic E-state index is -0.853. The van der Waals surface area contributed by atoms with Crippen LogP contribution in [0.25, 0.3) is 0 Å². The van der Waals surface area contributed by atoms with E-state index in [1.54, 1.807) is 13.0 Å². The van der Waals surface area contributed by atoms with Gasteiger partial charge in [-0.15, -0.1) is 0 Å². The highest BCUT2D eigenvalue weighted by Gasteiger charge is 2.21. The highest BCUT2D eigenvalue weighted by Crippen LogP contribution is 2.14. The second-order valence-corrected chi connectivity index (χ2v) is 3.37. The number of rotatable bonds is 4. The number of hydrogen-bond donors (Lipinski definition) is 3. The normalized spacial score (nSPS) is 11.4. The molecule has 1 heterocycles. The van der Waals surface area contributed by atoms with Crippen molar-refractivity contribution in [3.05, 3.63) is 24.3 Å². The minimum Gasteiger partial charge on any atom is -0.394 e. The molecule has 0 bridgehead atoms. The third-order valence-electron chi connectivity index (χ3n) is 1.87. The quantitative estimate of drug-likeness (QED) is 0.615. The lowest BCUT2D eigenvalue weighted by Crippen LogP contribution is -2.42. The first kappa shape index (κ1) is 10.9. The third-order valence-corrected chi connectivity index (χ3v) is 1.87. The fourth-order valence-electron chi connectivity index (χ4n) is 0.958. The Balaban J connectivity index is 2.77. The Morgan fingerprint density at radius 1 is 1.50 bits per heavy atom. The first-order chi connectivity index (χ1) is 6.59. The van der Waals surface area contributed by atoms with Gasteiger partial charge in [-0.25, -0.2) is 4.98 Å². The first-order valence-electron chi connectivity index (χ1n) is 4.21. The van der Waals surface area contributed by atoms with E-state index in [0.717, 1.165) is 0 Å². The summed E-state index contributed by atoms with van der Waals surface area (Å²) in [6.45, 7) is 1.15. The van der Waals surface area contributed by atoms with Gasteiger partial charge in [0.15, 0.2) is 0 Å². The molecule has 4 nitrogen and oxygen atoms in total. The highest BCUT2D eigenvalue weighted by molar-refractivity contribution is 5.43. The predicted octanol–water partition coefficient (Wildman–Crippen LogP) is 0.376. The molecule has 0 spiro atoms. The van der Waals surface area contributed by atoms with Gasteiger partial charge in [0, 0.05) is 18.0 Å². The summed E-state index contributed by atoms with van der Waals surface area (Å²) in [5.41, 5.74) is -0.378. The summed E-state index contributed by atoms with van der Waals surface area (Å²) in [7, 11) is 0. The maximum atomic E-state index is 12.7. The Hall–Kier alpha value is -1.20. The SMILES string of the molecule is CC(CO)(CO)Nc1ccnc(F)c1. The van der Waals surface area contributed by atoms with Crippen molar-refractivity contribution in [2.45, 2.75) is 12.5 Å². The molecule has 0 unspecified atom stereocenters. The molecule has 1 rings (SSSR count). The number of halogens is 1. The molecule has 0 saturated carbocycles. The van der Waals surface area contributed by atoms with Crippen molar-refractivity contribution >= 4 is 5.69 Å². The fraction of sp³-hybridized carbons (Fsp3) is 0.444. The van der Waals surface area contributed by atoms with Crippen molar-refractivity contribution in [3.63, 3.8) is 0 Å². The molecule has 1 aromatic heterocycles. The zero-order valence-electron chi connectivity index (χ0n) is 7.87. The Morgan fingerprint density at radius 3 is 2.64 bits per heavy atom. The van der Waals surface area contributed by atoms with E-state index in [1.807, 2.05) is 0 Å². The predicted molar refractivity (Wildman–Crippen MR) is 50.4 cm³/mol. The highest BCUT2D eigenvalue weighted by atomic mass is 19.1. The monoisotopic (exact) mass is 200 g/mol. The molecular formula is C9H13FN2O2. The average molecular weight is 200 g/mol. The summed E-state index contributed by atoms with van der Waals surface area (Å²) in [6, 6.07) is 2.76. The van der Waals surface area contributed by atoms with E-state index in [2.05, 4.69) is 10.3 Å². The molecule has 78 valence electrons. The van der Waals surface area contributed by atoms with Crippen LogP contribution in [0.4, 0.5) is 10.1 Å². The number of pyridine rings is 1. The average Bonchev–Trinajstić information content (AvgIpc) is 2.18. The van der Waals surface area contributed by atoms with Crippen molar-refractivity contribution in [2.24, 2.45) is 0 Å². The van der Waals surface area contributed by atoms with E-state index in [9.17, 15) is 4.39 Å². The standard InChI is InChI=1S/C9H13FN2O2/c1-9(5-13,6-14)12-7-2-3-11-8(10)4-7/h2-4,13-14H,5-6H2,1H3,(H,11,12). The van der Waals surface area contributed by atoms with Crippen molar-refractivity contribution in [1.82, 2.24) is 4.98 Å². The van der Waals surface area contributed by atoms with Crippen LogP contribution in [0, 0.1) is 5.95 Å². The Kier molecular flexibility index (Phi) is 3.38. The van der Waals surface area contributed by atoms with Gasteiger partial charge in [0.2, 0.25) is 5.95 Å². The summed E-state index contributed by atoms with van der Waals surface area (Å²) < 4.78 is 12.7. The minimum absolute atomic E-state index is 0.243. The number of aliphatic hydroxyl groups is 2. The summed E-state index contributed by atoms with van der Waals surface area (Å²) in [5.74, 6) is -0.603. The van der Waals surface area contributed by atoms with Gasteiger partial charge in [-0.05, 0) is 13.0 Å². The van der Waals surface area contributed by atoms with Crippen molar-refractivity contribution in [1.29, 1.82) is 0 Å². The van der Waals surface area contributed by atoms with Gasteiger partial charge in [0.1, 0.15) is 0 Å². The molecule has 0 aromatic carbocycles. The van der Waals surface area contributed by atoms with E-state index in [1.165, 1.54) is 12.3 Å². The van der Waals surface area contributed by atoms with E-state index in [-0.39, 0.29) is 13.2 Å². The molecule has 0 fully saturated rings. The van der Waals surface area contributed by atoms with Gasteiger partial charge in [-0.1, -0.05) is 0 Å². The molecule has 0 radical (unpaired) electrons. The van der Waals surface area contributed by atoms with E-state index in [0.29, 0.717) is 5.69 Å². The van der Waals surface area contributed by atoms with Gasteiger partial charge < -0.3 is 15.5 Å². The number of aromatic nitrogens is 1. The lowest BCUT2D eigenvalue weighted by molar-refractivity contribution is 0.147. The molecular weight excluding hydrogens is 187 g/mol. The number of nitrogens with zero attached hydrogens (tertiary/aromatic N) is 1. The van der Waals surface area contributed by atoms with Crippen LogP contribution < -0.4 is 5.32 Å². The topological polar surface area (TPSA) is 65.4 Å². The van der Waals surface area contributed by atoms with Crippen molar-refractivity contribution in [2.75, 3.05) is 18.5 Å². The molecule has 0 saturated heterocycles. The molecule has 0 atom stereocenters. The molecule has 0 aliphatic carbocycles. The van der Waals surface area contributed by atoms with Crippen LogP contribution >= 0.6 is 0 Å². The van der Waals surface area contributed by atoms with E-state index < -0.39 is 11.5 Å². The van der Waals surface area contributed by atoms with Crippen LogP contribution in [0.2, 0.25) is 0 Å². The molecule has 0 amide bonds. The summed E-state index contributed by atoms with van der Waals surface area (Å²) in [4.78, 5) is 3.39. The first-order valence-corrected chi connectivity index (χ1v) is 4.21. The van der Waals surface area contributed by atoms with Gasteiger partial charge in [-0.3, -0.25) is 0 Å². The maximum Gasteiger partial charge on any atom is 0.214 e. The summed E-state index contributed by atoms with van der Waals surface area (Å²) in [6.07, 6.45) is 1.31. The van der Waals surface area contributed by atoms with Crippen LogP contribution in [0.3, 0.4) is 0 Å². The Morgan fingerprint density at radius 2 is 2.14 bits per heavy atom.